The van der Waals surface area contributed by atoms with E-state index in [2.05, 4.69) is 51.8 Å². The number of hydrogen-bond donors (Lipinski definition) is 0. The van der Waals surface area contributed by atoms with E-state index in [0.717, 1.165) is 38.5 Å². The minimum Gasteiger partial charge on any atom is -0.496 e. The van der Waals surface area contributed by atoms with E-state index in [4.69, 9.17) is 4.74 Å². The van der Waals surface area contributed by atoms with Gasteiger partial charge >= 0.3 is 0 Å². The van der Waals surface area contributed by atoms with Crippen molar-refractivity contribution >= 4 is 5.95 Å². The van der Waals surface area contributed by atoms with Crippen molar-refractivity contribution in [3.8, 4) is 5.75 Å². The van der Waals surface area contributed by atoms with Crippen LogP contribution in [-0.4, -0.2) is 48.2 Å². The lowest BCUT2D eigenvalue weighted by Crippen LogP contribution is -2.46. The minimum atomic E-state index is -0.403. The quantitative estimate of drug-likeness (QED) is 0.834. The van der Waals surface area contributed by atoms with Crippen LogP contribution in [0, 0.1) is 5.82 Å². The molecule has 1 aliphatic heterocycles. The lowest BCUT2D eigenvalue weighted by Gasteiger charge is -2.35. The van der Waals surface area contributed by atoms with Gasteiger partial charge in [-0.25, -0.2) is 14.4 Å². The minimum absolute atomic E-state index is 0.403. The lowest BCUT2D eigenvalue weighted by molar-refractivity contribution is 0.245. The number of nitrogens with zero attached hydrogens (tertiary/aromatic N) is 4. The Balaban J connectivity index is 1.64. The number of hydrogen-bond acceptors (Lipinski definition) is 5. The third-order valence-corrected chi connectivity index (χ3v) is 4.63. The summed E-state index contributed by atoms with van der Waals surface area (Å²) in [6, 6.07) is 6.45. The van der Waals surface area contributed by atoms with E-state index in [1.807, 2.05) is 0 Å². The number of methoxy groups -OCH3 is 1. The molecule has 0 radical (unpaired) electrons. The summed E-state index contributed by atoms with van der Waals surface area (Å²) in [7, 11) is 1.72. The number of benzene rings is 1. The van der Waals surface area contributed by atoms with Crippen molar-refractivity contribution in [2.45, 2.75) is 26.3 Å². The van der Waals surface area contributed by atoms with Gasteiger partial charge < -0.3 is 9.64 Å². The molecule has 25 heavy (non-hydrogen) atoms. The molecule has 1 fully saturated rings. The van der Waals surface area contributed by atoms with Gasteiger partial charge in [-0.15, -0.1) is 0 Å². The summed E-state index contributed by atoms with van der Waals surface area (Å²) in [6.07, 6.45) is 2.44. The lowest BCUT2D eigenvalue weighted by atomic mass is 10.00. The standard InChI is InChI=1S/C19H25FN4O/c1-14(2)15-4-5-18(25-3)16(10-15)13-23-6-8-24(9-7-23)19-21-11-17(20)12-22-19/h4-5,10-12,14H,6-9,13H2,1-3H3. The first kappa shape index (κ1) is 17.6. The molecule has 0 N–H and O–H groups in total. The monoisotopic (exact) mass is 344 g/mol. The van der Waals surface area contributed by atoms with Crippen LogP contribution in [0.25, 0.3) is 0 Å². The van der Waals surface area contributed by atoms with Crippen LogP contribution in [0.1, 0.15) is 30.9 Å². The molecule has 0 unspecified atom stereocenters. The maximum absolute atomic E-state index is 13.0. The molecule has 0 saturated carbocycles. The molecular formula is C19H25FN4O. The summed E-state index contributed by atoms with van der Waals surface area (Å²) in [5.41, 5.74) is 2.55. The molecule has 0 aliphatic carbocycles. The van der Waals surface area contributed by atoms with Gasteiger partial charge in [0.1, 0.15) is 5.75 Å². The molecule has 1 aromatic heterocycles. The Hall–Kier alpha value is -2.21. The van der Waals surface area contributed by atoms with Crippen LogP contribution in [0.5, 0.6) is 5.75 Å². The zero-order valence-electron chi connectivity index (χ0n) is 15.1. The number of halogens is 1. The molecular weight excluding hydrogens is 319 g/mol. The predicted octanol–water partition coefficient (Wildman–Crippen LogP) is 3.07. The molecule has 1 aromatic carbocycles. The van der Waals surface area contributed by atoms with E-state index < -0.39 is 5.82 Å². The van der Waals surface area contributed by atoms with Gasteiger partial charge in [0.05, 0.1) is 19.5 Å². The summed E-state index contributed by atoms with van der Waals surface area (Å²) in [5, 5.41) is 0. The van der Waals surface area contributed by atoms with Crippen molar-refractivity contribution in [1.29, 1.82) is 0 Å². The van der Waals surface area contributed by atoms with Crippen molar-refractivity contribution in [3.63, 3.8) is 0 Å². The van der Waals surface area contributed by atoms with Gasteiger partial charge in [-0.2, -0.15) is 0 Å². The maximum Gasteiger partial charge on any atom is 0.225 e. The highest BCUT2D eigenvalue weighted by Gasteiger charge is 2.20. The molecule has 1 aliphatic rings. The number of rotatable bonds is 5. The highest BCUT2D eigenvalue weighted by molar-refractivity contribution is 5.38. The molecule has 2 aromatic rings. The third-order valence-electron chi connectivity index (χ3n) is 4.63. The van der Waals surface area contributed by atoms with Crippen molar-refractivity contribution in [2.24, 2.45) is 0 Å². The fourth-order valence-corrected chi connectivity index (χ4v) is 3.10. The predicted molar refractivity (Wildman–Crippen MR) is 96.6 cm³/mol. The topological polar surface area (TPSA) is 41.5 Å². The van der Waals surface area contributed by atoms with Gasteiger partial charge in [-0.3, -0.25) is 4.90 Å². The molecule has 0 spiro atoms. The van der Waals surface area contributed by atoms with E-state index in [1.54, 1.807) is 7.11 Å². The molecule has 5 nitrogen and oxygen atoms in total. The van der Waals surface area contributed by atoms with Crippen LogP contribution in [0.4, 0.5) is 10.3 Å². The van der Waals surface area contributed by atoms with Gasteiger partial charge in [0.2, 0.25) is 5.95 Å². The van der Waals surface area contributed by atoms with Gasteiger partial charge in [0, 0.05) is 38.3 Å². The van der Waals surface area contributed by atoms with Crippen molar-refractivity contribution in [3.05, 3.63) is 47.5 Å². The summed E-state index contributed by atoms with van der Waals surface area (Å²) in [6.45, 7) is 8.75. The average Bonchev–Trinajstić information content (AvgIpc) is 2.63. The number of ether oxygens (including phenoxy) is 1. The smallest absolute Gasteiger partial charge is 0.225 e. The van der Waals surface area contributed by atoms with E-state index in [-0.39, 0.29) is 0 Å². The molecule has 1 saturated heterocycles. The van der Waals surface area contributed by atoms with Gasteiger partial charge in [0.15, 0.2) is 5.82 Å². The number of aromatic nitrogens is 2. The molecule has 134 valence electrons. The number of piperazine rings is 1. The van der Waals surface area contributed by atoms with Crippen LogP contribution in [0.3, 0.4) is 0 Å². The fraction of sp³-hybridized carbons (Fsp3) is 0.474. The van der Waals surface area contributed by atoms with Crippen molar-refractivity contribution < 1.29 is 9.13 Å². The zero-order chi connectivity index (χ0) is 17.8. The first-order valence-electron chi connectivity index (χ1n) is 8.68. The van der Waals surface area contributed by atoms with E-state index >= 15 is 0 Å². The second-order valence-electron chi connectivity index (χ2n) is 6.69. The van der Waals surface area contributed by atoms with Crippen LogP contribution < -0.4 is 9.64 Å². The van der Waals surface area contributed by atoms with Gasteiger partial charge in [-0.1, -0.05) is 26.0 Å². The number of anilines is 1. The molecule has 6 heteroatoms. The Bertz CT molecular complexity index is 697. The van der Waals surface area contributed by atoms with Gasteiger partial charge in [-0.05, 0) is 17.5 Å². The van der Waals surface area contributed by atoms with Crippen molar-refractivity contribution in [1.82, 2.24) is 14.9 Å². The van der Waals surface area contributed by atoms with E-state index in [1.165, 1.54) is 23.5 Å². The zero-order valence-corrected chi connectivity index (χ0v) is 15.1. The normalized spacial score (nSPS) is 15.6. The molecule has 0 bridgehead atoms. The largest absolute Gasteiger partial charge is 0.496 e. The molecule has 0 amide bonds. The van der Waals surface area contributed by atoms with Crippen molar-refractivity contribution in [2.75, 3.05) is 38.2 Å². The summed E-state index contributed by atoms with van der Waals surface area (Å²) >= 11 is 0. The second-order valence-corrected chi connectivity index (χ2v) is 6.69. The molecule has 2 heterocycles. The van der Waals surface area contributed by atoms with Crippen LogP contribution in [-0.2, 0) is 6.54 Å². The second kappa shape index (κ2) is 7.78. The Morgan fingerprint density at radius 3 is 2.40 bits per heavy atom. The summed E-state index contributed by atoms with van der Waals surface area (Å²) in [4.78, 5) is 12.6. The Labute approximate surface area is 148 Å². The Kier molecular flexibility index (Phi) is 5.48. The Morgan fingerprint density at radius 1 is 1.12 bits per heavy atom. The first-order valence-corrected chi connectivity index (χ1v) is 8.68. The first-order chi connectivity index (χ1) is 12.1. The summed E-state index contributed by atoms with van der Waals surface area (Å²) < 4.78 is 18.5. The van der Waals surface area contributed by atoms with Crippen LogP contribution in [0.15, 0.2) is 30.6 Å². The molecule has 3 rings (SSSR count). The van der Waals surface area contributed by atoms with E-state index in [9.17, 15) is 4.39 Å². The molecule has 0 atom stereocenters. The summed E-state index contributed by atoms with van der Waals surface area (Å²) in [5.74, 6) is 1.63. The highest BCUT2D eigenvalue weighted by Crippen LogP contribution is 2.26. The highest BCUT2D eigenvalue weighted by atomic mass is 19.1. The van der Waals surface area contributed by atoms with Crippen LogP contribution in [0.2, 0.25) is 0 Å². The van der Waals surface area contributed by atoms with E-state index in [0.29, 0.717) is 11.9 Å². The fourth-order valence-electron chi connectivity index (χ4n) is 3.10. The maximum atomic E-state index is 13.0. The van der Waals surface area contributed by atoms with Gasteiger partial charge in [0.25, 0.3) is 0 Å². The average molecular weight is 344 g/mol. The third kappa shape index (κ3) is 4.25. The van der Waals surface area contributed by atoms with Crippen LogP contribution >= 0.6 is 0 Å². The SMILES string of the molecule is COc1ccc(C(C)C)cc1CN1CCN(c2ncc(F)cn2)CC1. The Morgan fingerprint density at radius 2 is 1.80 bits per heavy atom.